The van der Waals surface area contributed by atoms with Crippen molar-refractivity contribution in [3.63, 3.8) is 0 Å². The Labute approximate surface area is 211 Å². The summed E-state index contributed by atoms with van der Waals surface area (Å²) in [5.74, 6) is 0.531. The van der Waals surface area contributed by atoms with Crippen molar-refractivity contribution in [2.75, 3.05) is 5.75 Å². The molecule has 0 saturated carbocycles. The van der Waals surface area contributed by atoms with Gasteiger partial charge in [-0.05, 0) is 48.0 Å². The lowest BCUT2D eigenvalue weighted by Gasteiger charge is -2.10. The molecule has 0 spiro atoms. The van der Waals surface area contributed by atoms with Crippen LogP contribution in [-0.4, -0.2) is 42.7 Å². The van der Waals surface area contributed by atoms with Crippen LogP contribution in [0.3, 0.4) is 0 Å². The van der Waals surface area contributed by atoms with Gasteiger partial charge < -0.3 is 5.11 Å². The van der Waals surface area contributed by atoms with Crippen LogP contribution in [-0.2, 0) is 4.79 Å². The molecule has 0 unspecified atom stereocenters. The summed E-state index contributed by atoms with van der Waals surface area (Å²) in [7, 11) is 0. The van der Waals surface area contributed by atoms with E-state index in [1.165, 1.54) is 18.0 Å². The number of aromatic nitrogens is 4. The number of carbonyl (C=O) groups is 1. The Morgan fingerprint density at radius 3 is 2.61 bits per heavy atom. The maximum Gasteiger partial charge on any atom is 0.250 e. The lowest BCUT2D eigenvalue weighted by molar-refractivity contribution is -0.118. The van der Waals surface area contributed by atoms with Gasteiger partial charge in [-0.2, -0.15) is 5.10 Å². The van der Waals surface area contributed by atoms with E-state index in [2.05, 4.69) is 25.7 Å². The largest absolute Gasteiger partial charge is 0.507 e. The smallest absolute Gasteiger partial charge is 0.250 e. The molecule has 0 aliphatic carbocycles. The van der Waals surface area contributed by atoms with Crippen molar-refractivity contribution in [1.82, 2.24) is 25.2 Å². The van der Waals surface area contributed by atoms with E-state index in [-0.39, 0.29) is 17.4 Å². The highest BCUT2D eigenvalue weighted by molar-refractivity contribution is 7.99. The molecule has 8 nitrogen and oxygen atoms in total. The van der Waals surface area contributed by atoms with Gasteiger partial charge in [0.15, 0.2) is 11.0 Å². The Morgan fingerprint density at radius 2 is 1.81 bits per heavy atom. The number of phenols is 1. The van der Waals surface area contributed by atoms with Crippen LogP contribution in [0.25, 0.3) is 27.8 Å². The van der Waals surface area contributed by atoms with Crippen LogP contribution in [0.2, 0.25) is 0 Å². The van der Waals surface area contributed by atoms with E-state index in [0.29, 0.717) is 16.5 Å². The number of fused-ring (bicyclic) bond motifs is 1. The summed E-state index contributed by atoms with van der Waals surface area (Å²) in [5, 5.41) is 25.4. The van der Waals surface area contributed by atoms with Crippen LogP contribution in [0.5, 0.6) is 5.75 Å². The predicted molar refractivity (Wildman–Crippen MR) is 141 cm³/mol. The van der Waals surface area contributed by atoms with Gasteiger partial charge in [0.05, 0.1) is 12.0 Å². The Morgan fingerprint density at radius 1 is 1.03 bits per heavy atom. The summed E-state index contributed by atoms with van der Waals surface area (Å²) in [6.45, 7) is 2.03. The third-order valence-electron chi connectivity index (χ3n) is 5.53. The number of amides is 1. The van der Waals surface area contributed by atoms with Crippen LogP contribution in [0, 0.1) is 6.92 Å². The van der Waals surface area contributed by atoms with Crippen LogP contribution in [0.15, 0.2) is 95.4 Å². The average molecular weight is 495 g/mol. The molecule has 0 atom stereocenters. The normalized spacial score (nSPS) is 11.2. The number of nitrogens with zero attached hydrogens (tertiary/aromatic N) is 5. The van der Waals surface area contributed by atoms with Crippen molar-refractivity contribution in [3.05, 3.63) is 96.3 Å². The second kappa shape index (κ2) is 10.4. The van der Waals surface area contributed by atoms with E-state index in [1.54, 1.807) is 18.5 Å². The number of aryl methyl sites for hydroxylation is 1. The first-order valence-electron chi connectivity index (χ1n) is 11.2. The van der Waals surface area contributed by atoms with Crippen molar-refractivity contribution >= 4 is 34.7 Å². The monoisotopic (exact) mass is 494 g/mol. The first-order chi connectivity index (χ1) is 17.6. The molecule has 5 aromatic rings. The van der Waals surface area contributed by atoms with Crippen molar-refractivity contribution < 1.29 is 9.90 Å². The van der Waals surface area contributed by atoms with Crippen LogP contribution >= 0.6 is 11.8 Å². The zero-order chi connectivity index (χ0) is 24.9. The Balaban J connectivity index is 1.33. The van der Waals surface area contributed by atoms with Gasteiger partial charge in [-0.25, -0.2) is 5.43 Å². The van der Waals surface area contributed by atoms with Gasteiger partial charge in [0.1, 0.15) is 5.75 Å². The highest BCUT2D eigenvalue weighted by atomic mass is 32.2. The molecule has 0 bridgehead atoms. The molecular formula is C27H22N6O2S. The molecule has 0 aliphatic rings. The SMILES string of the molecule is Cc1ccc(-n2c(SCC(=O)N/N=C\c3c(O)ccc4ccccc34)nnc2-c2ccncc2)cc1. The van der Waals surface area contributed by atoms with E-state index in [4.69, 9.17) is 0 Å². The van der Waals surface area contributed by atoms with Crippen molar-refractivity contribution in [1.29, 1.82) is 0 Å². The van der Waals surface area contributed by atoms with Crippen molar-refractivity contribution in [2.45, 2.75) is 12.1 Å². The number of phenolic OH excluding ortho intramolecular Hbond substituents is 1. The lowest BCUT2D eigenvalue weighted by Crippen LogP contribution is -2.20. The lowest BCUT2D eigenvalue weighted by atomic mass is 10.0. The van der Waals surface area contributed by atoms with Gasteiger partial charge in [0.25, 0.3) is 5.91 Å². The molecule has 178 valence electrons. The summed E-state index contributed by atoms with van der Waals surface area (Å²) in [6, 6.07) is 22.9. The summed E-state index contributed by atoms with van der Waals surface area (Å²) in [4.78, 5) is 16.6. The van der Waals surface area contributed by atoms with E-state index in [1.807, 2.05) is 78.2 Å². The molecule has 9 heteroatoms. The minimum atomic E-state index is -0.306. The second-order valence-electron chi connectivity index (χ2n) is 8.01. The number of carbonyl (C=O) groups excluding carboxylic acids is 1. The fraction of sp³-hybridized carbons (Fsp3) is 0.0741. The quantitative estimate of drug-likeness (QED) is 0.192. The molecule has 0 radical (unpaired) electrons. The molecule has 0 saturated heterocycles. The maximum atomic E-state index is 12.6. The van der Waals surface area contributed by atoms with Gasteiger partial charge in [-0.1, -0.05) is 59.8 Å². The zero-order valence-corrected chi connectivity index (χ0v) is 20.2. The van der Waals surface area contributed by atoms with Crippen LogP contribution in [0.4, 0.5) is 0 Å². The third kappa shape index (κ3) is 4.96. The number of pyridine rings is 1. The van der Waals surface area contributed by atoms with E-state index in [0.717, 1.165) is 27.6 Å². The summed E-state index contributed by atoms with van der Waals surface area (Å²) < 4.78 is 1.92. The second-order valence-corrected chi connectivity index (χ2v) is 8.96. The van der Waals surface area contributed by atoms with Crippen molar-refractivity contribution in [2.24, 2.45) is 5.10 Å². The fourth-order valence-corrected chi connectivity index (χ4v) is 4.47. The first kappa shape index (κ1) is 23.3. The van der Waals surface area contributed by atoms with Crippen LogP contribution < -0.4 is 5.43 Å². The predicted octanol–water partition coefficient (Wildman–Crippen LogP) is 4.74. The molecule has 2 N–H and O–H groups in total. The van der Waals surface area contributed by atoms with E-state index < -0.39 is 0 Å². The van der Waals surface area contributed by atoms with Gasteiger partial charge >= 0.3 is 0 Å². The number of aromatic hydroxyl groups is 1. The minimum absolute atomic E-state index is 0.0825. The number of nitrogens with one attached hydrogen (secondary N) is 1. The Bertz CT molecular complexity index is 1550. The number of hydrogen-bond acceptors (Lipinski definition) is 7. The van der Waals surface area contributed by atoms with Gasteiger partial charge in [-0.3, -0.25) is 14.3 Å². The van der Waals surface area contributed by atoms with Crippen molar-refractivity contribution in [3.8, 4) is 22.8 Å². The van der Waals surface area contributed by atoms with E-state index >= 15 is 0 Å². The molecule has 2 heterocycles. The molecule has 2 aromatic heterocycles. The molecule has 0 fully saturated rings. The third-order valence-corrected chi connectivity index (χ3v) is 6.46. The Kier molecular flexibility index (Phi) is 6.72. The fourth-order valence-electron chi connectivity index (χ4n) is 3.73. The molecule has 5 rings (SSSR count). The number of hydrazone groups is 1. The van der Waals surface area contributed by atoms with Gasteiger partial charge in [0, 0.05) is 29.2 Å². The summed E-state index contributed by atoms with van der Waals surface area (Å²) >= 11 is 1.26. The average Bonchev–Trinajstić information content (AvgIpc) is 3.33. The van der Waals surface area contributed by atoms with Gasteiger partial charge in [0.2, 0.25) is 0 Å². The summed E-state index contributed by atoms with van der Waals surface area (Å²) in [5.41, 5.74) is 5.98. The number of rotatable bonds is 7. The molecule has 1 amide bonds. The van der Waals surface area contributed by atoms with Crippen LogP contribution in [0.1, 0.15) is 11.1 Å². The first-order valence-corrected chi connectivity index (χ1v) is 12.2. The molecule has 0 aliphatic heterocycles. The van der Waals surface area contributed by atoms with E-state index in [9.17, 15) is 9.90 Å². The number of hydrogen-bond donors (Lipinski definition) is 2. The molecular weight excluding hydrogens is 472 g/mol. The standard InChI is InChI=1S/C27H22N6O2S/c1-18-6-9-21(10-7-18)33-26(20-12-14-28-15-13-20)31-32-27(33)36-17-25(35)30-29-16-23-22-5-3-2-4-19(22)8-11-24(23)34/h2-16,34H,17H2,1H3,(H,30,35)/b29-16-. The zero-order valence-electron chi connectivity index (χ0n) is 19.4. The highest BCUT2D eigenvalue weighted by Gasteiger charge is 2.17. The topological polar surface area (TPSA) is 105 Å². The number of benzene rings is 3. The maximum absolute atomic E-state index is 12.6. The highest BCUT2D eigenvalue weighted by Crippen LogP contribution is 2.28. The molecule has 3 aromatic carbocycles. The van der Waals surface area contributed by atoms with Gasteiger partial charge in [-0.15, -0.1) is 10.2 Å². The Hall–Kier alpha value is -4.50. The summed E-state index contributed by atoms with van der Waals surface area (Å²) in [6.07, 6.45) is 4.86. The molecule has 36 heavy (non-hydrogen) atoms. The number of thioether (sulfide) groups is 1. The minimum Gasteiger partial charge on any atom is -0.507 e.